The molecule has 0 atom stereocenters. The highest BCUT2D eigenvalue weighted by molar-refractivity contribution is 7.99. The van der Waals surface area contributed by atoms with E-state index in [1.54, 1.807) is 24.8 Å². The van der Waals surface area contributed by atoms with Crippen LogP contribution in [0, 0.1) is 19.7 Å². The Morgan fingerprint density at radius 3 is 2.58 bits per heavy atom. The number of carbonyl (C=O) groups excluding carboxylic acids is 2. The van der Waals surface area contributed by atoms with E-state index in [0.717, 1.165) is 16.9 Å². The van der Waals surface area contributed by atoms with Crippen molar-refractivity contribution in [3.05, 3.63) is 70.3 Å². The van der Waals surface area contributed by atoms with Crippen LogP contribution in [0.15, 0.2) is 41.6 Å². The molecule has 3 rings (SSSR count). The third-order valence-corrected chi connectivity index (χ3v) is 5.85. The van der Waals surface area contributed by atoms with Crippen LogP contribution in [0.1, 0.15) is 37.7 Å². The quantitative estimate of drug-likeness (QED) is 0.425. The second-order valence-electron chi connectivity index (χ2n) is 6.97. The summed E-state index contributed by atoms with van der Waals surface area (Å²) >= 11 is 1.26. The Kier molecular flexibility index (Phi) is 7.06. The first-order chi connectivity index (χ1) is 14.8. The molecule has 0 spiro atoms. The van der Waals surface area contributed by atoms with Crippen molar-refractivity contribution < 1.29 is 18.7 Å². The van der Waals surface area contributed by atoms with Crippen molar-refractivity contribution in [2.45, 2.75) is 25.5 Å². The molecule has 0 radical (unpaired) electrons. The Morgan fingerprint density at radius 2 is 1.87 bits per heavy atom. The monoisotopic (exact) mass is 442 g/mol. The average molecular weight is 443 g/mol. The number of hydrogen-bond donors (Lipinski definition) is 1. The topological polar surface area (TPSA) is 86.1 Å². The summed E-state index contributed by atoms with van der Waals surface area (Å²) in [5.41, 5.74) is 2.36. The largest absolute Gasteiger partial charge is 0.496 e. The molecule has 1 N–H and O–H groups in total. The van der Waals surface area contributed by atoms with Crippen molar-refractivity contribution in [1.29, 1.82) is 0 Å². The Morgan fingerprint density at radius 1 is 1.13 bits per heavy atom. The highest BCUT2D eigenvalue weighted by Crippen LogP contribution is 2.25. The Bertz CT molecular complexity index is 1130. The molecule has 3 aromatic rings. The van der Waals surface area contributed by atoms with Crippen molar-refractivity contribution in [1.82, 2.24) is 20.1 Å². The lowest BCUT2D eigenvalue weighted by Gasteiger charge is -2.10. The SMILES string of the molecule is COc1cc(C)c(C(=O)CSc2nnc(CNC(=O)c3ccccc3F)n2C)cc1C. The van der Waals surface area contributed by atoms with Gasteiger partial charge in [0.25, 0.3) is 5.91 Å². The molecule has 1 aromatic heterocycles. The number of Topliss-reactive ketones (excluding diaryl/α,β-unsaturated/α-hetero) is 1. The molecule has 1 amide bonds. The maximum absolute atomic E-state index is 13.7. The number of aryl methyl sites for hydroxylation is 2. The number of ether oxygens (including phenoxy) is 1. The van der Waals surface area contributed by atoms with Crippen LogP contribution in [0.3, 0.4) is 0 Å². The van der Waals surface area contributed by atoms with E-state index in [0.29, 0.717) is 16.5 Å². The van der Waals surface area contributed by atoms with E-state index in [2.05, 4.69) is 15.5 Å². The fourth-order valence-corrected chi connectivity index (χ4v) is 3.86. The zero-order chi connectivity index (χ0) is 22.5. The second kappa shape index (κ2) is 9.74. The molecule has 162 valence electrons. The molecule has 0 fully saturated rings. The summed E-state index contributed by atoms with van der Waals surface area (Å²) in [6.45, 7) is 3.85. The van der Waals surface area contributed by atoms with E-state index < -0.39 is 11.7 Å². The standard InChI is InChI=1S/C22H23FN4O3S/c1-13-10-19(30-4)14(2)9-16(13)18(28)12-31-22-26-25-20(27(22)3)11-24-21(29)15-7-5-6-8-17(15)23/h5-10H,11-12H2,1-4H3,(H,24,29). The molecule has 0 bridgehead atoms. The zero-order valence-electron chi connectivity index (χ0n) is 17.7. The van der Waals surface area contributed by atoms with Crippen LogP contribution in [-0.4, -0.2) is 39.3 Å². The molecule has 0 aliphatic rings. The number of carbonyl (C=O) groups is 2. The van der Waals surface area contributed by atoms with E-state index >= 15 is 0 Å². The summed E-state index contributed by atoms with van der Waals surface area (Å²) < 4.78 is 20.7. The number of nitrogens with one attached hydrogen (secondary N) is 1. The number of rotatable bonds is 8. The summed E-state index contributed by atoms with van der Waals surface area (Å²) in [4.78, 5) is 24.9. The molecule has 0 saturated carbocycles. The van der Waals surface area contributed by atoms with Crippen LogP contribution in [0.5, 0.6) is 5.75 Å². The first-order valence-electron chi connectivity index (χ1n) is 9.54. The van der Waals surface area contributed by atoms with Crippen molar-refractivity contribution in [2.75, 3.05) is 12.9 Å². The molecule has 0 aliphatic carbocycles. The molecule has 0 saturated heterocycles. The summed E-state index contributed by atoms with van der Waals surface area (Å²) in [7, 11) is 3.35. The molecular formula is C22H23FN4O3S. The predicted molar refractivity (Wildman–Crippen MR) is 116 cm³/mol. The summed E-state index contributed by atoms with van der Waals surface area (Å²) in [6.07, 6.45) is 0. The number of benzene rings is 2. The van der Waals surface area contributed by atoms with Gasteiger partial charge in [-0.1, -0.05) is 23.9 Å². The van der Waals surface area contributed by atoms with Crippen LogP contribution in [-0.2, 0) is 13.6 Å². The van der Waals surface area contributed by atoms with Gasteiger partial charge in [-0.2, -0.15) is 0 Å². The van der Waals surface area contributed by atoms with Gasteiger partial charge in [0, 0.05) is 12.6 Å². The van der Waals surface area contributed by atoms with Crippen molar-refractivity contribution in [2.24, 2.45) is 7.05 Å². The Labute approximate surface area is 184 Å². The first-order valence-corrected chi connectivity index (χ1v) is 10.5. The van der Waals surface area contributed by atoms with Gasteiger partial charge >= 0.3 is 0 Å². The van der Waals surface area contributed by atoms with Crippen molar-refractivity contribution in [3.63, 3.8) is 0 Å². The van der Waals surface area contributed by atoms with Crippen molar-refractivity contribution in [3.8, 4) is 5.75 Å². The maximum atomic E-state index is 13.7. The minimum atomic E-state index is -0.586. The minimum Gasteiger partial charge on any atom is -0.496 e. The lowest BCUT2D eigenvalue weighted by atomic mass is 10.0. The fraction of sp³-hybridized carbons (Fsp3) is 0.273. The highest BCUT2D eigenvalue weighted by Gasteiger charge is 2.17. The second-order valence-corrected chi connectivity index (χ2v) is 7.91. The van der Waals surface area contributed by atoms with E-state index in [1.807, 2.05) is 26.0 Å². The van der Waals surface area contributed by atoms with Crippen LogP contribution >= 0.6 is 11.8 Å². The number of ketones is 1. The highest BCUT2D eigenvalue weighted by atomic mass is 32.2. The van der Waals surface area contributed by atoms with Crippen LogP contribution in [0.25, 0.3) is 0 Å². The van der Waals surface area contributed by atoms with Gasteiger partial charge in [-0.05, 0) is 49.2 Å². The summed E-state index contributed by atoms with van der Waals surface area (Å²) in [5, 5.41) is 11.3. The molecule has 0 aliphatic heterocycles. The van der Waals surface area contributed by atoms with E-state index in [4.69, 9.17) is 4.74 Å². The van der Waals surface area contributed by atoms with Crippen LogP contribution < -0.4 is 10.1 Å². The molecule has 0 unspecified atom stereocenters. The first kappa shape index (κ1) is 22.5. The number of halogens is 1. The van der Waals surface area contributed by atoms with Crippen LogP contribution in [0.4, 0.5) is 4.39 Å². The molecule has 7 nitrogen and oxygen atoms in total. The van der Waals surface area contributed by atoms with Gasteiger partial charge < -0.3 is 14.6 Å². The number of thioether (sulfide) groups is 1. The third-order valence-electron chi connectivity index (χ3n) is 4.83. The normalized spacial score (nSPS) is 10.7. The zero-order valence-corrected chi connectivity index (χ0v) is 18.5. The van der Waals surface area contributed by atoms with Gasteiger partial charge in [-0.15, -0.1) is 10.2 Å². The molecule has 31 heavy (non-hydrogen) atoms. The van der Waals surface area contributed by atoms with Gasteiger partial charge in [-0.3, -0.25) is 9.59 Å². The average Bonchev–Trinajstić information content (AvgIpc) is 3.11. The number of nitrogens with zero attached hydrogens (tertiary/aromatic N) is 3. The number of methoxy groups -OCH3 is 1. The fourth-order valence-electron chi connectivity index (χ4n) is 3.04. The lowest BCUT2D eigenvalue weighted by molar-refractivity contribution is 0.0944. The van der Waals surface area contributed by atoms with E-state index in [9.17, 15) is 14.0 Å². The van der Waals surface area contributed by atoms with Gasteiger partial charge in [0.1, 0.15) is 11.6 Å². The van der Waals surface area contributed by atoms with Crippen LogP contribution in [0.2, 0.25) is 0 Å². The van der Waals surface area contributed by atoms with E-state index in [-0.39, 0.29) is 23.6 Å². The lowest BCUT2D eigenvalue weighted by Crippen LogP contribution is -2.25. The predicted octanol–water partition coefficient (Wildman–Crippen LogP) is 3.48. The number of aromatic nitrogens is 3. The maximum Gasteiger partial charge on any atom is 0.254 e. The van der Waals surface area contributed by atoms with Gasteiger partial charge in [0.15, 0.2) is 16.8 Å². The Balaban J connectivity index is 1.62. The number of hydrogen-bond acceptors (Lipinski definition) is 6. The Hall–Kier alpha value is -3.20. The van der Waals surface area contributed by atoms with E-state index in [1.165, 1.54) is 30.0 Å². The van der Waals surface area contributed by atoms with Gasteiger partial charge in [0.2, 0.25) is 0 Å². The summed E-state index contributed by atoms with van der Waals surface area (Å²) in [5.74, 6) is 0.298. The summed E-state index contributed by atoms with van der Waals surface area (Å²) in [6, 6.07) is 9.45. The molecule has 2 aromatic carbocycles. The van der Waals surface area contributed by atoms with Crippen molar-refractivity contribution >= 4 is 23.5 Å². The smallest absolute Gasteiger partial charge is 0.254 e. The van der Waals surface area contributed by atoms with Gasteiger partial charge in [-0.25, -0.2) is 4.39 Å². The molecular weight excluding hydrogens is 419 g/mol. The van der Waals surface area contributed by atoms with Gasteiger partial charge in [0.05, 0.1) is 25.0 Å². The minimum absolute atomic E-state index is 0.0225. The molecule has 9 heteroatoms. The third kappa shape index (κ3) is 5.11. The number of amides is 1. The molecule has 1 heterocycles.